The SMILES string of the molecule is CCOC(=O)c1nn(C)c2c3c(ccc12)C=NC(Nc1cc(N2CCN(C)CC2)ccc1OC(F)(F)F)=NC3. The van der Waals surface area contributed by atoms with Gasteiger partial charge >= 0.3 is 12.3 Å². The third-order valence-electron chi connectivity index (χ3n) is 6.63. The third-order valence-corrected chi connectivity index (χ3v) is 6.63. The summed E-state index contributed by atoms with van der Waals surface area (Å²) in [5.74, 6) is -0.781. The van der Waals surface area contributed by atoms with E-state index < -0.39 is 12.3 Å². The molecule has 13 heteroatoms. The largest absolute Gasteiger partial charge is 0.573 e. The van der Waals surface area contributed by atoms with Crippen molar-refractivity contribution in [1.29, 1.82) is 0 Å². The number of hydrogen-bond donors (Lipinski definition) is 1. The molecule has 2 aromatic carbocycles. The Hall–Kier alpha value is -4.13. The average molecular weight is 544 g/mol. The standard InChI is InChI=1S/C26H28F3N7O3/c1-4-38-24(37)22-18-7-5-16-14-30-25(31-15-19(16)23(18)35(3)33-22)32-20-13-17(36-11-9-34(2)10-12-36)6-8-21(20)39-26(27,28)29/h5-8,13-14H,4,9-12,15H2,1-3H3,(H,31,32). The number of hydrogen-bond acceptors (Lipinski definition) is 9. The lowest BCUT2D eigenvalue weighted by molar-refractivity contribution is -0.274. The number of rotatable bonds is 5. The van der Waals surface area contributed by atoms with Gasteiger partial charge in [-0.05, 0) is 38.2 Å². The van der Waals surface area contributed by atoms with Crippen molar-refractivity contribution in [2.45, 2.75) is 19.8 Å². The smallest absolute Gasteiger partial charge is 0.461 e. The van der Waals surface area contributed by atoms with Crippen LogP contribution in [0, 0.1) is 0 Å². The highest BCUT2D eigenvalue weighted by Gasteiger charge is 2.32. The van der Waals surface area contributed by atoms with E-state index in [1.165, 1.54) is 6.07 Å². The molecule has 1 fully saturated rings. The molecule has 0 unspecified atom stereocenters. The summed E-state index contributed by atoms with van der Waals surface area (Å²) in [4.78, 5) is 25.6. The molecule has 2 aliphatic heterocycles. The molecule has 0 radical (unpaired) electrons. The van der Waals surface area contributed by atoms with E-state index in [4.69, 9.17) is 4.74 Å². The van der Waals surface area contributed by atoms with Crippen molar-refractivity contribution < 1.29 is 27.4 Å². The Morgan fingerprint density at radius 1 is 1.10 bits per heavy atom. The normalized spacial score (nSPS) is 16.1. The molecule has 3 heterocycles. The van der Waals surface area contributed by atoms with Gasteiger partial charge in [0.2, 0.25) is 5.96 Å². The number of benzene rings is 2. The van der Waals surface area contributed by atoms with Crippen LogP contribution in [0.3, 0.4) is 0 Å². The zero-order valence-corrected chi connectivity index (χ0v) is 21.7. The van der Waals surface area contributed by atoms with E-state index in [0.717, 1.165) is 43.0 Å². The number of alkyl halides is 3. The van der Waals surface area contributed by atoms with Crippen LogP contribution < -0.4 is 15.0 Å². The molecule has 206 valence electrons. The Bertz CT molecular complexity index is 1460. The van der Waals surface area contributed by atoms with Crippen LogP contribution in [0.4, 0.5) is 24.5 Å². The summed E-state index contributed by atoms with van der Waals surface area (Å²) < 4.78 is 50.5. The van der Waals surface area contributed by atoms with Crippen molar-refractivity contribution in [3.8, 4) is 5.75 Å². The van der Waals surface area contributed by atoms with Gasteiger partial charge in [-0.15, -0.1) is 13.2 Å². The fourth-order valence-electron chi connectivity index (χ4n) is 4.71. The minimum absolute atomic E-state index is 0.0980. The van der Waals surface area contributed by atoms with Crippen molar-refractivity contribution in [2.75, 3.05) is 50.1 Å². The fraction of sp³-hybridized carbons (Fsp3) is 0.385. The van der Waals surface area contributed by atoms with Crippen LogP contribution >= 0.6 is 0 Å². The molecule has 0 aliphatic carbocycles. The molecule has 1 aromatic heterocycles. The molecule has 0 atom stereocenters. The van der Waals surface area contributed by atoms with Gasteiger partial charge in [-0.25, -0.2) is 14.8 Å². The number of aromatic nitrogens is 2. The first kappa shape index (κ1) is 26.5. The first-order valence-electron chi connectivity index (χ1n) is 12.5. The molecule has 0 spiro atoms. The van der Waals surface area contributed by atoms with Crippen LogP contribution in [0.15, 0.2) is 40.3 Å². The average Bonchev–Trinajstić information content (AvgIpc) is 3.09. The highest BCUT2D eigenvalue weighted by molar-refractivity contribution is 6.08. The Labute approximate surface area is 222 Å². The molecule has 10 nitrogen and oxygen atoms in total. The van der Waals surface area contributed by atoms with Crippen LogP contribution in [0.2, 0.25) is 0 Å². The van der Waals surface area contributed by atoms with Gasteiger partial charge in [0.25, 0.3) is 0 Å². The molecule has 0 saturated carbocycles. The summed E-state index contributed by atoms with van der Waals surface area (Å²) >= 11 is 0. The number of aliphatic imine (C=N–C) groups is 2. The first-order chi connectivity index (χ1) is 18.6. The van der Waals surface area contributed by atoms with Crippen LogP contribution in [0.1, 0.15) is 28.5 Å². The molecule has 3 aromatic rings. The lowest BCUT2D eigenvalue weighted by Gasteiger charge is -2.34. The first-order valence-corrected chi connectivity index (χ1v) is 12.5. The van der Waals surface area contributed by atoms with Gasteiger partial charge in [0, 0.05) is 61.6 Å². The molecule has 1 N–H and O–H groups in total. The van der Waals surface area contributed by atoms with Crippen molar-refractivity contribution in [2.24, 2.45) is 17.0 Å². The summed E-state index contributed by atoms with van der Waals surface area (Å²) in [6.45, 7) is 5.30. The minimum atomic E-state index is -4.86. The van der Waals surface area contributed by atoms with Gasteiger partial charge in [0.15, 0.2) is 11.4 Å². The minimum Gasteiger partial charge on any atom is -0.461 e. The Morgan fingerprint density at radius 2 is 1.87 bits per heavy atom. The number of fused-ring (bicyclic) bond motifs is 3. The number of halogens is 3. The number of esters is 1. The van der Waals surface area contributed by atoms with E-state index in [2.05, 4.69) is 34.9 Å². The van der Waals surface area contributed by atoms with Gasteiger partial charge in [0.05, 0.1) is 24.4 Å². The third kappa shape index (κ3) is 5.67. The Morgan fingerprint density at radius 3 is 2.59 bits per heavy atom. The molecule has 2 aliphatic rings. The number of guanidine groups is 1. The van der Waals surface area contributed by atoms with E-state index in [1.54, 1.807) is 49.1 Å². The number of nitrogens with zero attached hydrogens (tertiary/aromatic N) is 6. The van der Waals surface area contributed by atoms with Crippen LogP contribution in [0.25, 0.3) is 10.9 Å². The predicted octanol–water partition coefficient (Wildman–Crippen LogP) is 3.80. The molecule has 1 saturated heterocycles. The maximum atomic E-state index is 13.2. The maximum absolute atomic E-state index is 13.2. The lowest BCUT2D eigenvalue weighted by atomic mass is 10.0. The zero-order chi connectivity index (χ0) is 27.7. The summed E-state index contributed by atoms with van der Waals surface area (Å²) in [7, 11) is 3.75. The molecule has 0 amide bonds. The number of anilines is 2. The second-order valence-electron chi connectivity index (χ2n) is 9.26. The monoisotopic (exact) mass is 543 g/mol. The highest BCUT2D eigenvalue weighted by atomic mass is 19.4. The van der Waals surface area contributed by atoms with E-state index in [-0.39, 0.29) is 36.2 Å². The van der Waals surface area contributed by atoms with Crippen molar-refractivity contribution in [3.63, 3.8) is 0 Å². The van der Waals surface area contributed by atoms with Crippen LogP contribution in [-0.4, -0.2) is 79.0 Å². The van der Waals surface area contributed by atoms with Gasteiger partial charge in [-0.2, -0.15) is 5.10 Å². The van der Waals surface area contributed by atoms with Gasteiger partial charge in [0.1, 0.15) is 0 Å². The van der Waals surface area contributed by atoms with Crippen molar-refractivity contribution >= 4 is 40.4 Å². The topological polar surface area (TPSA) is 96.6 Å². The van der Waals surface area contributed by atoms with Crippen molar-refractivity contribution in [3.05, 3.63) is 47.2 Å². The second kappa shape index (κ2) is 10.6. The quantitative estimate of drug-likeness (QED) is 0.489. The maximum Gasteiger partial charge on any atom is 0.573 e. The van der Waals surface area contributed by atoms with Crippen molar-refractivity contribution in [1.82, 2.24) is 14.7 Å². The van der Waals surface area contributed by atoms with E-state index in [1.807, 2.05) is 7.05 Å². The van der Waals surface area contributed by atoms with E-state index in [9.17, 15) is 18.0 Å². The number of carbonyl (C=O) groups is 1. The number of piperazine rings is 1. The molecular formula is C26H28F3N7O3. The number of carbonyl (C=O) groups excluding carboxylic acids is 1. The Kier molecular flexibility index (Phi) is 7.17. The Balaban J connectivity index is 1.46. The molecule has 39 heavy (non-hydrogen) atoms. The van der Waals surface area contributed by atoms with E-state index in [0.29, 0.717) is 10.9 Å². The second-order valence-corrected chi connectivity index (χ2v) is 9.26. The summed E-state index contributed by atoms with van der Waals surface area (Å²) in [5.41, 5.74) is 3.29. The van der Waals surface area contributed by atoms with Gasteiger partial charge < -0.3 is 24.6 Å². The number of nitrogens with one attached hydrogen (secondary N) is 1. The number of ether oxygens (including phenoxy) is 2. The van der Waals surface area contributed by atoms with Crippen LogP contribution in [-0.2, 0) is 18.3 Å². The predicted molar refractivity (Wildman–Crippen MR) is 142 cm³/mol. The zero-order valence-electron chi connectivity index (χ0n) is 21.7. The van der Waals surface area contributed by atoms with E-state index >= 15 is 0 Å². The summed E-state index contributed by atoms with van der Waals surface area (Å²) in [6, 6.07) is 8.11. The molecular weight excluding hydrogens is 515 g/mol. The lowest BCUT2D eigenvalue weighted by Crippen LogP contribution is -2.44. The molecule has 0 bridgehead atoms. The number of likely N-dealkylation sites (N-methyl/N-ethyl adjacent to an activating group) is 1. The van der Waals surface area contributed by atoms with Crippen LogP contribution in [0.5, 0.6) is 5.75 Å². The summed E-state index contributed by atoms with van der Waals surface area (Å²) in [6.07, 6.45) is -3.28. The van der Waals surface area contributed by atoms with Gasteiger partial charge in [-0.3, -0.25) is 4.68 Å². The fourth-order valence-corrected chi connectivity index (χ4v) is 4.71. The molecule has 5 rings (SSSR count). The summed E-state index contributed by atoms with van der Waals surface area (Å²) in [5, 5.41) is 7.89. The van der Waals surface area contributed by atoms with Gasteiger partial charge in [-0.1, -0.05) is 6.07 Å². The number of aryl methyl sites for hydroxylation is 1. The highest BCUT2D eigenvalue weighted by Crippen LogP contribution is 2.35.